The minimum Gasteiger partial charge on any atom is -0.444 e. The number of aryl methyl sites for hydroxylation is 1. The monoisotopic (exact) mass is 705 g/mol. The van der Waals surface area contributed by atoms with Crippen LogP contribution in [0.1, 0.15) is 78.4 Å². The van der Waals surface area contributed by atoms with Gasteiger partial charge in [0.05, 0.1) is 33.7 Å². The van der Waals surface area contributed by atoms with Crippen molar-refractivity contribution < 1.29 is 23.5 Å². The third-order valence-corrected chi connectivity index (χ3v) is 8.36. The van der Waals surface area contributed by atoms with Crippen LogP contribution < -0.4 is 21.7 Å². The standard InChI is InChI=1S/C37H45ClFN7O4/c1-21-16-26(44-35(48)50-37(5,6)7)13-14-27(21)22-17-31-32(42-24-9-11-25(12-10-24)43-34(47)49-36(2,3)4)28(19-41-46(31)20-22)33(40)45-30-18-23(39)8-15-29(30)38/h8,13-20,24-25,42H,9-12H2,1-7H3,(H2,40,45)(H,43,47)(H,44,48). The minimum absolute atomic E-state index is 0.00256. The van der Waals surface area contributed by atoms with Crippen molar-refractivity contribution in [2.45, 2.75) is 97.4 Å². The Morgan fingerprint density at radius 3 is 2.28 bits per heavy atom. The van der Waals surface area contributed by atoms with Crippen molar-refractivity contribution in [2.75, 3.05) is 10.6 Å². The molecule has 0 unspecified atom stereocenters. The van der Waals surface area contributed by atoms with E-state index >= 15 is 0 Å². The van der Waals surface area contributed by atoms with Gasteiger partial charge in [0.25, 0.3) is 0 Å². The maximum atomic E-state index is 14.1. The number of aromatic nitrogens is 2. The number of aliphatic imine (C=N–C) groups is 1. The smallest absolute Gasteiger partial charge is 0.412 e. The van der Waals surface area contributed by atoms with E-state index in [0.717, 1.165) is 47.9 Å². The number of rotatable bonds is 7. The third-order valence-electron chi connectivity index (χ3n) is 8.04. The normalized spacial score (nSPS) is 16.9. The largest absolute Gasteiger partial charge is 0.444 e. The number of ether oxygens (including phenoxy) is 2. The van der Waals surface area contributed by atoms with Gasteiger partial charge in [0.2, 0.25) is 0 Å². The predicted molar refractivity (Wildman–Crippen MR) is 196 cm³/mol. The topological polar surface area (TPSA) is 144 Å². The average molecular weight is 706 g/mol. The number of nitrogens with two attached hydrogens (primary N) is 1. The highest BCUT2D eigenvalue weighted by molar-refractivity contribution is 6.33. The SMILES string of the molecule is Cc1cc(NC(=O)OC(C)(C)C)ccc1-c1cc2c(NC3CCC(NC(=O)OC(C)(C)C)CC3)c(C(N)=Nc3cc(F)ccc3Cl)cnn2c1. The van der Waals surface area contributed by atoms with Crippen LogP contribution in [0.25, 0.3) is 16.6 Å². The van der Waals surface area contributed by atoms with Gasteiger partial charge in [-0.05, 0) is 116 Å². The lowest BCUT2D eigenvalue weighted by Crippen LogP contribution is -2.42. The highest BCUT2D eigenvalue weighted by Crippen LogP contribution is 2.34. The summed E-state index contributed by atoms with van der Waals surface area (Å²) in [5.41, 5.74) is 11.0. The molecule has 0 radical (unpaired) electrons. The van der Waals surface area contributed by atoms with Crippen LogP contribution in [0.5, 0.6) is 0 Å². The second-order valence-corrected chi connectivity index (χ2v) is 15.0. The molecular formula is C37H45ClFN7O4. The Kier molecular flexibility index (Phi) is 10.6. The summed E-state index contributed by atoms with van der Waals surface area (Å²) in [6, 6.07) is 11.6. The van der Waals surface area contributed by atoms with E-state index in [0.29, 0.717) is 16.9 Å². The van der Waals surface area contributed by atoms with Crippen LogP contribution in [0.2, 0.25) is 5.02 Å². The molecule has 1 fully saturated rings. The van der Waals surface area contributed by atoms with Crippen LogP contribution in [-0.4, -0.2) is 50.9 Å². The highest BCUT2D eigenvalue weighted by atomic mass is 35.5. The second-order valence-electron chi connectivity index (χ2n) is 14.6. The van der Waals surface area contributed by atoms with Gasteiger partial charge >= 0.3 is 12.2 Å². The fourth-order valence-electron chi connectivity index (χ4n) is 5.86. The van der Waals surface area contributed by atoms with Gasteiger partial charge in [-0.1, -0.05) is 17.7 Å². The van der Waals surface area contributed by atoms with Crippen molar-refractivity contribution >= 4 is 52.2 Å². The Bertz CT molecular complexity index is 1920. The van der Waals surface area contributed by atoms with E-state index in [1.54, 1.807) is 10.7 Å². The maximum Gasteiger partial charge on any atom is 0.412 e. The van der Waals surface area contributed by atoms with Crippen molar-refractivity contribution in [3.05, 3.63) is 76.8 Å². The number of hydrogen-bond donors (Lipinski definition) is 4. The molecule has 0 bridgehead atoms. The van der Waals surface area contributed by atoms with Gasteiger partial charge in [-0.25, -0.2) is 23.5 Å². The molecule has 2 heterocycles. The second kappa shape index (κ2) is 14.6. The van der Waals surface area contributed by atoms with Crippen LogP contribution in [0.3, 0.4) is 0 Å². The maximum absolute atomic E-state index is 14.1. The van der Waals surface area contributed by atoms with Crippen molar-refractivity contribution in [1.29, 1.82) is 0 Å². The van der Waals surface area contributed by atoms with Gasteiger partial charge in [-0.15, -0.1) is 0 Å². The van der Waals surface area contributed by atoms with Gasteiger partial charge in [-0.2, -0.15) is 5.10 Å². The summed E-state index contributed by atoms with van der Waals surface area (Å²) < 4.78 is 26.7. The lowest BCUT2D eigenvalue weighted by atomic mass is 9.91. The molecule has 0 atom stereocenters. The number of halogens is 2. The summed E-state index contributed by atoms with van der Waals surface area (Å²) >= 11 is 6.32. The number of hydrogen-bond acceptors (Lipinski definition) is 7. The molecule has 1 aliphatic carbocycles. The van der Waals surface area contributed by atoms with Crippen molar-refractivity contribution in [3.63, 3.8) is 0 Å². The zero-order chi connectivity index (χ0) is 36.4. The predicted octanol–water partition coefficient (Wildman–Crippen LogP) is 8.73. The van der Waals surface area contributed by atoms with Crippen LogP contribution in [0, 0.1) is 12.7 Å². The van der Waals surface area contributed by atoms with Gasteiger partial charge < -0.3 is 25.8 Å². The van der Waals surface area contributed by atoms with Crippen LogP contribution in [-0.2, 0) is 9.47 Å². The number of fused-ring (bicyclic) bond motifs is 1. The molecule has 13 heteroatoms. The average Bonchev–Trinajstić information content (AvgIpc) is 3.43. The molecule has 0 spiro atoms. The zero-order valence-corrected chi connectivity index (χ0v) is 30.2. The summed E-state index contributed by atoms with van der Waals surface area (Å²) in [7, 11) is 0. The molecule has 5 rings (SSSR count). The first-order chi connectivity index (χ1) is 23.4. The van der Waals surface area contributed by atoms with E-state index in [2.05, 4.69) is 26.0 Å². The molecular weight excluding hydrogens is 661 g/mol. The Morgan fingerprint density at radius 1 is 0.960 bits per heavy atom. The summed E-state index contributed by atoms with van der Waals surface area (Å²) in [5, 5.41) is 14.4. The summed E-state index contributed by atoms with van der Waals surface area (Å²) in [6.45, 7) is 12.9. The van der Waals surface area contributed by atoms with Crippen molar-refractivity contribution in [3.8, 4) is 11.1 Å². The number of nitrogens with one attached hydrogen (secondary N) is 3. The number of amidine groups is 1. The summed E-state index contributed by atoms with van der Waals surface area (Å²) in [4.78, 5) is 29.2. The third kappa shape index (κ3) is 9.44. The first-order valence-electron chi connectivity index (χ1n) is 16.6. The first-order valence-corrected chi connectivity index (χ1v) is 17.0. The molecule has 5 N–H and O–H groups in total. The lowest BCUT2D eigenvalue weighted by Gasteiger charge is -2.31. The number of carbonyl (C=O) groups excluding carboxylic acids is 2. The van der Waals surface area contributed by atoms with E-state index < -0.39 is 29.2 Å². The number of carbonyl (C=O) groups is 2. The van der Waals surface area contributed by atoms with E-state index in [1.807, 2.05) is 78.9 Å². The van der Waals surface area contributed by atoms with E-state index in [9.17, 15) is 14.0 Å². The quantitative estimate of drug-likeness (QED) is 0.111. The van der Waals surface area contributed by atoms with Gasteiger partial charge in [0.1, 0.15) is 22.9 Å². The number of amides is 2. The molecule has 50 heavy (non-hydrogen) atoms. The first kappa shape index (κ1) is 36.4. The lowest BCUT2D eigenvalue weighted by molar-refractivity contribution is 0.0491. The minimum atomic E-state index is -0.614. The van der Waals surface area contributed by atoms with Crippen LogP contribution in [0.15, 0.2) is 59.9 Å². The number of nitrogens with zero attached hydrogens (tertiary/aromatic N) is 3. The summed E-state index contributed by atoms with van der Waals surface area (Å²) in [5.74, 6) is -0.365. The molecule has 1 saturated carbocycles. The molecule has 2 amide bonds. The number of anilines is 2. The number of alkyl carbamates (subject to hydrolysis) is 1. The molecule has 4 aromatic rings. The van der Waals surface area contributed by atoms with E-state index in [-0.39, 0.29) is 28.6 Å². The Hall–Kier alpha value is -4.84. The van der Waals surface area contributed by atoms with E-state index in [1.165, 1.54) is 18.2 Å². The highest BCUT2D eigenvalue weighted by Gasteiger charge is 2.27. The zero-order valence-electron chi connectivity index (χ0n) is 29.5. The molecule has 2 aromatic heterocycles. The Morgan fingerprint density at radius 2 is 1.62 bits per heavy atom. The Labute approximate surface area is 296 Å². The Balaban J connectivity index is 1.45. The fourth-order valence-corrected chi connectivity index (χ4v) is 6.02. The number of benzene rings is 2. The van der Waals surface area contributed by atoms with Crippen molar-refractivity contribution in [2.24, 2.45) is 10.7 Å². The molecule has 0 aliphatic heterocycles. The molecule has 2 aromatic carbocycles. The molecule has 11 nitrogen and oxygen atoms in total. The van der Waals surface area contributed by atoms with Gasteiger partial charge in [0.15, 0.2) is 0 Å². The van der Waals surface area contributed by atoms with Crippen molar-refractivity contribution in [1.82, 2.24) is 14.9 Å². The molecule has 1 aliphatic rings. The molecule has 266 valence electrons. The van der Waals surface area contributed by atoms with E-state index in [4.69, 9.17) is 26.8 Å². The summed E-state index contributed by atoms with van der Waals surface area (Å²) in [6.07, 6.45) is 5.67. The van der Waals surface area contributed by atoms with Gasteiger partial charge in [0, 0.05) is 35.6 Å². The van der Waals surface area contributed by atoms with Gasteiger partial charge in [-0.3, -0.25) is 5.32 Å². The van der Waals surface area contributed by atoms with Crippen LogP contribution in [0.4, 0.5) is 31.0 Å². The van der Waals surface area contributed by atoms with Crippen LogP contribution >= 0.6 is 11.6 Å². The fraction of sp³-hybridized carbons (Fsp3) is 0.405. The molecule has 0 saturated heterocycles.